The molecule has 0 spiro atoms. The van der Waals surface area contributed by atoms with Crippen molar-refractivity contribution in [2.24, 2.45) is 5.73 Å². The molecule has 5 nitrogen and oxygen atoms in total. The van der Waals surface area contributed by atoms with Gasteiger partial charge < -0.3 is 5.73 Å². The first-order chi connectivity index (χ1) is 13.3. The molecule has 0 fully saturated rings. The molecule has 0 saturated carbocycles. The third-order valence-corrected chi connectivity index (χ3v) is 4.84. The first-order valence-corrected chi connectivity index (χ1v) is 9.55. The van der Waals surface area contributed by atoms with Crippen LogP contribution < -0.4 is 5.73 Å². The van der Waals surface area contributed by atoms with Gasteiger partial charge in [-0.05, 0) is 55.3 Å². The molecule has 2 heterocycles. The van der Waals surface area contributed by atoms with E-state index in [4.69, 9.17) is 10.8 Å². The van der Waals surface area contributed by atoms with Crippen molar-refractivity contribution in [1.29, 1.82) is 5.26 Å². The van der Waals surface area contributed by atoms with Crippen LogP contribution in [0.25, 0.3) is 11.3 Å². The molecule has 0 radical (unpaired) electrons. The Kier molecular flexibility index (Phi) is 5.62. The normalized spacial score (nSPS) is 11.4. The highest BCUT2D eigenvalue weighted by Gasteiger charge is 2.19. The highest BCUT2D eigenvalue weighted by molar-refractivity contribution is 5.65. The zero-order chi connectivity index (χ0) is 20.3. The van der Waals surface area contributed by atoms with E-state index in [1.807, 2.05) is 35.1 Å². The van der Waals surface area contributed by atoms with Gasteiger partial charge in [-0.3, -0.25) is 9.67 Å². The standard InChI is InChI=1S/C23H27N5/c1-16-11-22(23(2,3)4)27-28(16)15-19-12-18(13-25)5-7-20(19)21-8-6-17(9-10-24)14-26-21/h5-8,11-12,14H,9-10,15,24H2,1-4H3. The summed E-state index contributed by atoms with van der Waals surface area (Å²) in [6, 6.07) is 14.2. The van der Waals surface area contributed by atoms with E-state index in [2.05, 4.69) is 50.9 Å². The molecule has 0 saturated heterocycles. The molecule has 3 rings (SSSR count). The number of aryl methyl sites for hydroxylation is 1. The number of pyridine rings is 1. The predicted molar refractivity (Wildman–Crippen MR) is 112 cm³/mol. The van der Waals surface area contributed by atoms with Crippen molar-refractivity contribution in [3.05, 3.63) is 70.7 Å². The number of aromatic nitrogens is 3. The van der Waals surface area contributed by atoms with Gasteiger partial charge in [-0.1, -0.05) is 32.9 Å². The Bertz CT molecular complexity index is 1000. The molecule has 1 aromatic carbocycles. The molecule has 144 valence electrons. The second-order valence-corrected chi connectivity index (χ2v) is 8.15. The van der Waals surface area contributed by atoms with Crippen molar-refractivity contribution in [1.82, 2.24) is 14.8 Å². The lowest BCUT2D eigenvalue weighted by Gasteiger charge is -2.15. The quantitative estimate of drug-likeness (QED) is 0.734. The van der Waals surface area contributed by atoms with Gasteiger partial charge in [0.05, 0.1) is 29.6 Å². The number of rotatable bonds is 5. The Labute approximate surface area is 166 Å². The second-order valence-electron chi connectivity index (χ2n) is 8.15. The summed E-state index contributed by atoms with van der Waals surface area (Å²) in [7, 11) is 0. The van der Waals surface area contributed by atoms with E-state index in [0.29, 0.717) is 18.7 Å². The predicted octanol–water partition coefficient (Wildman–Crippen LogP) is 3.97. The zero-order valence-electron chi connectivity index (χ0n) is 17.0. The number of nitriles is 1. The summed E-state index contributed by atoms with van der Waals surface area (Å²) in [6.07, 6.45) is 2.69. The Balaban J connectivity index is 2.01. The van der Waals surface area contributed by atoms with Crippen molar-refractivity contribution >= 4 is 0 Å². The van der Waals surface area contributed by atoms with Crippen molar-refractivity contribution in [3.63, 3.8) is 0 Å². The van der Waals surface area contributed by atoms with E-state index in [0.717, 1.165) is 40.2 Å². The molecular formula is C23H27N5. The van der Waals surface area contributed by atoms with Gasteiger partial charge in [-0.25, -0.2) is 0 Å². The van der Waals surface area contributed by atoms with Crippen LogP contribution in [0.2, 0.25) is 0 Å². The maximum absolute atomic E-state index is 9.35. The van der Waals surface area contributed by atoms with Crippen LogP contribution in [0, 0.1) is 18.3 Å². The molecule has 0 aliphatic carbocycles. The van der Waals surface area contributed by atoms with Crippen LogP contribution in [0.1, 0.15) is 48.8 Å². The van der Waals surface area contributed by atoms with E-state index in [1.165, 1.54) is 0 Å². The first kappa shape index (κ1) is 19.8. The smallest absolute Gasteiger partial charge is 0.0991 e. The minimum absolute atomic E-state index is 0.00623. The van der Waals surface area contributed by atoms with E-state index >= 15 is 0 Å². The minimum Gasteiger partial charge on any atom is -0.330 e. The lowest BCUT2D eigenvalue weighted by molar-refractivity contribution is 0.543. The monoisotopic (exact) mass is 373 g/mol. The van der Waals surface area contributed by atoms with Gasteiger partial charge in [-0.2, -0.15) is 10.4 Å². The largest absolute Gasteiger partial charge is 0.330 e. The van der Waals surface area contributed by atoms with Gasteiger partial charge in [-0.15, -0.1) is 0 Å². The summed E-state index contributed by atoms with van der Waals surface area (Å²) < 4.78 is 2.00. The summed E-state index contributed by atoms with van der Waals surface area (Å²) in [5, 5.41) is 14.2. The van der Waals surface area contributed by atoms with Crippen LogP contribution in [0.4, 0.5) is 0 Å². The van der Waals surface area contributed by atoms with E-state index in [-0.39, 0.29) is 5.41 Å². The third-order valence-electron chi connectivity index (χ3n) is 4.84. The summed E-state index contributed by atoms with van der Waals surface area (Å²) in [5.74, 6) is 0. The fourth-order valence-electron chi connectivity index (χ4n) is 3.14. The Morgan fingerprint density at radius 1 is 1.14 bits per heavy atom. The molecule has 0 aliphatic heterocycles. The number of nitrogens with zero attached hydrogens (tertiary/aromatic N) is 4. The van der Waals surface area contributed by atoms with Crippen LogP contribution in [-0.4, -0.2) is 21.3 Å². The maximum Gasteiger partial charge on any atom is 0.0991 e. The average molecular weight is 374 g/mol. The molecule has 5 heteroatoms. The van der Waals surface area contributed by atoms with Crippen molar-refractivity contribution in [2.45, 2.75) is 46.1 Å². The van der Waals surface area contributed by atoms with Crippen LogP contribution in [0.5, 0.6) is 0 Å². The number of nitrogens with two attached hydrogens (primary N) is 1. The number of hydrogen-bond acceptors (Lipinski definition) is 4. The summed E-state index contributed by atoms with van der Waals surface area (Å²) in [6.45, 7) is 9.75. The van der Waals surface area contributed by atoms with Crippen molar-refractivity contribution in [2.75, 3.05) is 6.54 Å². The summed E-state index contributed by atoms with van der Waals surface area (Å²) in [5.41, 5.74) is 12.5. The van der Waals surface area contributed by atoms with E-state index < -0.39 is 0 Å². The molecule has 28 heavy (non-hydrogen) atoms. The van der Waals surface area contributed by atoms with E-state index in [9.17, 15) is 5.26 Å². The highest BCUT2D eigenvalue weighted by Crippen LogP contribution is 2.26. The summed E-state index contributed by atoms with van der Waals surface area (Å²) >= 11 is 0. The van der Waals surface area contributed by atoms with Gasteiger partial charge in [0, 0.05) is 22.9 Å². The Morgan fingerprint density at radius 3 is 2.50 bits per heavy atom. The van der Waals surface area contributed by atoms with E-state index in [1.54, 1.807) is 0 Å². The highest BCUT2D eigenvalue weighted by atomic mass is 15.3. The van der Waals surface area contributed by atoms with Crippen LogP contribution in [0.15, 0.2) is 42.6 Å². The fraction of sp³-hybridized carbons (Fsp3) is 0.348. The molecule has 0 amide bonds. The van der Waals surface area contributed by atoms with Gasteiger partial charge in [0.2, 0.25) is 0 Å². The van der Waals surface area contributed by atoms with Crippen molar-refractivity contribution in [3.8, 4) is 17.3 Å². The minimum atomic E-state index is -0.00623. The maximum atomic E-state index is 9.35. The molecule has 2 aromatic heterocycles. The molecule has 3 aromatic rings. The number of hydrogen-bond donors (Lipinski definition) is 1. The Morgan fingerprint density at radius 2 is 1.93 bits per heavy atom. The molecule has 0 atom stereocenters. The number of benzene rings is 1. The average Bonchev–Trinajstić information content (AvgIpc) is 3.04. The molecule has 0 aliphatic rings. The van der Waals surface area contributed by atoms with Crippen molar-refractivity contribution < 1.29 is 0 Å². The summed E-state index contributed by atoms with van der Waals surface area (Å²) in [4.78, 5) is 4.62. The first-order valence-electron chi connectivity index (χ1n) is 9.55. The lowest BCUT2D eigenvalue weighted by atomic mass is 9.92. The van der Waals surface area contributed by atoms with Gasteiger partial charge in [0.25, 0.3) is 0 Å². The third kappa shape index (κ3) is 4.29. The van der Waals surface area contributed by atoms with Crippen LogP contribution in [0.3, 0.4) is 0 Å². The van der Waals surface area contributed by atoms with Gasteiger partial charge in [0.15, 0.2) is 0 Å². The van der Waals surface area contributed by atoms with Crippen LogP contribution >= 0.6 is 0 Å². The SMILES string of the molecule is Cc1cc(C(C)(C)C)nn1Cc1cc(C#N)ccc1-c1ccc(CCN)cn1. The molecule has 0 bridgehead atoms. The van der Waals surface area contributed by atoms with Gasteiger partial charge in [0.1, 0.15) is 0 Å². The van der Waals surface area contributed by atoms with Crippen LogP contribution in [-0.2, 0) is 18.4 Å². The molecule has 2 N–H and O–H groups in total. The lowest BCUT2D eigenvalue weighted by Crippen LogP contribution is -2.13. The molecule has 0 unspecified atom stereocenters. The molecular weight excluding hydrogens is 346 g/mol. The Hall–Kier alpha value is -2.97. The fourth-order valence-corrected chi connectivity index (χ4v) is 3.14. The van der Waals surface area contributed by atoms with Gasteiger partial charge >= 0.3 is 0 Å². The topological polar surface area (TPSA) is 80.5 Å². The second kappa shape index (κ2) is 7.95. The zero-order valence-corrected chi connectivity index (χ0v) is 17.0.